The molecule has 0 amide bonds. The molecule has 18 heavy (non-hydrogen) atoms. The van der Waals surface area contributed by atoms with Crippen LogP contribution in [0.3, 0.4) is 0 Å². The van der Waals surface area contributed by atoms with Crippen molar-refractivity contribution in [1.29, 1.82) is 0 Å². The van der Waals surface area contributed by atoms with Crippen molar-refractivity contribution in [3.05, 3.63) is 41.4 Å². The Morgan fingerprint density at radius 2 is 2.17 bits per heavy atom. The Morgan fingerprint density at radius 3 is 3.00 bits per heavy atom. The number of rotatable bonds is 3. The first kappa shape index (κ1) is 11.3. The van der Waals surface area contributed by atoms with E-state index in [0.717, 1.165) is 22.4 Å². The van der Waals surface area contributed by atoms with Gasteiger partial charge < -0.3 is 5.32 Å². The van der Waals surface area contributed by atoms with E-state index in [0.29, 0.717) is 11.6 Å². The van der Waals surface area contributed by atoms with E-state index >= 15 is 0 Å². The summed E-state index contributed by atoms with van der Waals surface area (Å²) in [4.78, 5) is 8.02. The summed E-state index contributed by atoms with van der Waals surface area (Å²) in [5, 5.41) is 3.87. The van der Waals surface area contributed by atoms with E-state index in [-0.39, 0.29) is 0 Å². The normalized spacial score (nSPS) is 10.7. The van der Waals surface area contributed by atoms with Gasteiger partial charge in [-0.15, -0.1) is 0 Å². The lowest BCUT2D eigenvalue weighted by molar-refractivity contribution is 1.01. The van der Waals surface area contributed by atoms with E-state index in [9.17, 15) is 0 Å². The van der Waals surface area contributed by atoms with Crippen LogP contribution in [0.4, 0.5) is 5.69 Å². The van der Waals surface area contributed by atoms with E-state index in [4.69, 9.17) is 11.6 Å². The smallest absolute Gasteiger partial charge is 0.129 e. The summed E-state index contributed by atoms with van der Waals surface area (Å²) in [5.41, 5.74) is 3.32. The van der Waals surface area contributed by atoms with Crippen LogP contribution in [-0.2, 0) is 6.54 Å². The van der Waals surface area contributed by atoms with Gasteiger partial charge in [-0.2, -0.15) is 8.75 Å². The summed E-state index contributed by atoms with van der Waals surface area (Å²) < 4.78 is 8.42. The maximum absolute atomic E-state index is 6.17. The van der Waals surface area contributed by atoms with Gasteiger partial charge >= 0.3 is 0 Å². The van der Waals surface area contributed by atoms with Crippen LogP contribution < -0.4 is 5.32 Å². The van der Waals surface area contributed by atoms with Crippen LogP contribution in [0.25, 0.3) is 11.0 Å². The van der Waals surface area contributed by atoms with Crippen molar-refractivity contribution in [2.45, 2.75) is 6.54 Å². The van der Waals surface area contributed by atoms with Crippen molar-refractivity contribution < 1.29 is 0 Å². The van der Waals surface area contributed by atoms with Gasteiger partial charge in [0, 0.05) is 6.20 Å². The van der Waals surface area contributed by atoms with E-state index < -0.39 is 0 Å². The van der Waals surface area contributed by atoms with E-state index in [1.165, 1.54) is 18.1 Å². The van der Waals surface area contributed by atoms with Crippen LogP contribution in [0.5, 0.6) is 0 Å². The maximum atomic E-state index is 6.17. The van der Waals surface area contributed by atoms with Crippen LogP contribution >= 0.6 is 23.3 Å². The Hall–Kier alpha value is -1.79. The molecule has 7 heteroatoms. The second-order valence-electron chi connectivity index (χ2n) is 3.61. The van der Waals surface area contributed by atoms with Gasteiger partial charge in [0.2, 0.25) is 0 Å². The molecule has 0 radical (unpaired) electrons. The third kappa shape index (κ3) is 2.12. The molecule has 3 rings (SSSR count). The number of nitrogens with zero attached hydrogens (tertiary/aromatic N) is 4. The molecule has 0 unspecified atom stereocenters. The maximum Gasteiger partial charge on any atom is 0.129 e. The summed E-state index contributed by atoms with van der Waals surface area (Å²) in [6.45, 7) is 0.568. The molecule has 2 aromatic heterocycles. The molecule has 0 saturated heterocycles. The highest BCUT2D eigenvalue weighted by atomic mass is 35.5. The average molecular weight is 278 g/mol. The highest BCUT2D eigenvalue weighted by molar-refractivity contribution is 7.00. The highest BCUT2D eigenvalue weighted by Gasteiger charge is 2.09. The lowest BCUT2D eigenvalue weighted by Gasteiger charge is -2.07. The molecule has 2 heterocycles. The van der Waals surface area contributed by atoms with Gasteiger partial charge in [0.25, 0.3) is 0 Å². The fraction of sp³-hybridized carbons (Fsp3) is 0.0909. The van der Waals surface area contributed by atoms with Crippen LogP contribution in [-0.4, -0.2) is 18.7 Å². The first-order valence-electron chi connectivity index (χ1n) is 5.24. The minimum Gasteiger partial charge on any atom is -0.376 e. The van der Waals surface area contributed by atoms with Gasteiger partial charge in [-0.25, -0.2) is 9.97 Å². The molecule has 0 saturated carbocycles. The third-order valence-electron chi connectivity index (χ3n) is 2.47. The van der Waals surface area contributed by atoms with Gasteiger partial charge in [-0.05, 0) is 18.2 Å². The van der Waals surface area contributed by atoms with Gasteiger partial charge in [-0.3, -0.25) is 0 Å². The molecule has 5 nitrogen and oxygen atoms in total. The Morgan fingerprint density at radius 1 is 1.22 bits per heavy atom. The first-order valence-corrected chi connectivity index (χ1v) is 6.35. The first-order chi connectivity index (χ1) is 8.84. The van der Waals surface area contributed by atoms with Crippen molar-refractivity contribution in [3.63, 3.8) is 0 Å². The van der Waals surface area contributed by atoms with E-state index in [2.05, 4.69) is 24.0 Å². The molecule has 1 N–H and O–H groups in total. The number of halogens is 1. The van der Waals surface area contributed by atoms with Crippen molar-refractivity contribution in [2.75, 3.05) is 5.32 Å². The van der Waals surface area contributed by atoms with Gasteiger partial charge in [0.1, 0.15) is 17.4 Å². The quantitative estimate of drug-likeness (QED) is 0.797. The lowest BCUT2D eigenvalue weighted by atomic mass is 10.2. The number of fused-ring (bicyclic) bond motifs is 1. The zero-order chi connectivity index (χ0) is 12.4. The number of anilines is 1. The molecule has 0 spiro atoms. The van der Waals surface area contributed by atoms with Crippen molar-refractivity contribution in [1.82, 2.24) is 18.7 Å². The molecule has 0 aliphatic carbocycles. The number of aromatic nitrogens is 4. The molecule has 0 atom stereocenters. The number of nitrogens with one attached hydrogen (secondary N) is 1. The van der Waals surface area contributed by atoms with Crippen molar-refractivity contribution in [2.24, 2.45) is 0 Å². The van der Waals surface area contributed by atoms with Crippen molar-refractivity contribution in [3.8, 4) is 0 Å². The zero-order valence-electron chi connectivity index (χ0n) is 9.17. The zero-order valence-corrected chi connectivity index (χ0v) is 10.7. The summed E-state index contributed by atoms with van der Waals surface area (Å²) in [7, 11) is 0. The Kier molecular flexibility index (Phi) is 3.04. The van der Waals surface area contributed by atoms with Crippen molar-refractivity contribution >= 4 is 40.0 Å². The number of hydrogen-bond acceptors (Lipinski definition) is 6. The topological polar surface area (TPSA) is 63.6 Å². The average Bonchev–Trinajstić information content (AvgIpc) is 2.87. The minimum atomic E-state index is 0.568. The lowest BCUT2D eigenvalue weighted by Crippen LogP contribution is -2.02. The highest BCUT2D eigenvalue weighted by Crippen LogP contribution is 2.30. The number of benzene rings is 1. The van der Waals surface area contributed by atoms with Gasteiger partial charge in [0.05, 0.1) is 34.7 Å². The van der Waals surface area contributed by atoms with E-state index in [1.807, 2.05) is 18.2 Å². The summed E-state index contributed by atoms with van der Waals surface area (Å²) in [6, 6.07) is 5.52. The molecule has 0 bridgehead atoms. The molecule has 1 aromatic carbocycles. The van der Waals surface area contributed by atoms with Crippen LogP contribution in [0.2, 0.25) is 5.02 Å². The second kappa shape index (κ2) is 4.83. The summed E-state index contributed by atoms with van der Waals surface area (Å²) in [6.07, 6.45) is 3.22. The largest absolute Gasteiger partial charge is 0.376 e. The third-order valence-corrected chi connectivity index (χ3v) is 3.32. The molecular weight excluding hydrogens is 270 g/mol. The Balaban J connectivity index is 1.90. The molecule has 0 aliphatic heterocycles. The monoisotopic (exact) mass is 277 g/mol. The van der Waals surface area contributed by atoms with Crippen LogP contribution in [0, 0.1) is 0 Å². The van der Waals surface area contributed by atoms with Crippen LogP contribution in [0.1, 0.15) is 5.69 Å². The van der Waals surface area contributed by atoms with E-state index in [1.54, 1.807) is 6.20 Å². The fourth-order valence-corrected chi connectivity index (χ4v) is 2.36. The Bertz CT molecular complexity index is 670. The van der Waals surface area contributed by atoms with Gasteiger partial charge in [-0.1, -0.05) is 11.6 Å². The summed E-state index contributed by atoms with van der Waals surface area (Å²) in [5.74, 6) is 0. The Labute approximate surface area is 112 Å². The molecule has 3 aromatic rings. The predicted molar refractivity (Wildman–Crippen MR) is 71.8 cm³/mol. The summed E-state index contributed by atoms with van der Waals surface area (Å²) >= 11 is 7.34. The predicted octanol–water partition coefficient (Wildman–Crippen LogP) is 2.75. The molecular formula is C11H8ClN5S. The second-order valence-corrected chi connectivity index (χ2v) is 4.54. The molecule has 90 valence electrons. The standard InChI is InChI=1S/C11H8ClN5S/c12-8-1-2-9-11(17-18-16-9)10(8)14-5-7-3-4-13-6-15-7/h1-4,6,14H,5H2. The molecule has 0 fully saturated rings. The molecule has 0 aliphatic rings. The minimum absolute atomic E-state index is 0.568. The van der Waals surface area contributed by atoms with Gasteiger partial charge in [0.15, 0.2) is 0 Å². The SMILES string of the molecule is Clc1ccc2nsnc2c1NCc1ccncn1. The fourth-order valence-electron chi connectivity index (χ4n) is 1.60. The number of hydrogen-bond donors (Lipinski definition) is 1. The van der Waals surface area contributed by atoms with Crippen LogP contribution in [0.15, 0.2) is 30.7 Å².